The second-order valence-electron chi connectivity index (χ2n) is 6.46. The van der Waals surface area contributed by atoms with Crippen molar-refractivity contribution in [3.63, 3.8) is 0 Å². The topological polar surface area (TPSA) is 82.6 Å². The molecule has 32 heavy (non-hydrogen) atoms. The number of hydrogen-bond donors (Lipinski definition) is 2. The Kier molecular flexibility index (Phi) is 10.5. The molecule has 3 rings (SSSR count). The Hall–Kier alpha value is -2.54. The molecule has 0 unspecified atom stereocenters. The predicted molar refractivity (Wildman–Crippen MR) is 125 cm³/mol. The highest BCUT2D eigenvalue weighted by atomic mass is 127. The van der Waals surface area contributed by atoms with Crippen molar-refractivity contribution in [3.8, 4) is 23.0 Å². The molecular formula is C21H26F2IN3O5. The number of nitrogens with zero attached hydrogens (tertiary/aromatic N) is 1. The van der Waals surface area contributed by atoms with Gasteiger partial charge in [0.1, 0.15) is 18.1 Å². The Morgan fingerprint density at radius 2 is 1.75 bits per heavy atom. The molecule has 0 spiro atoms. The molecule has 0 saturated carbocycles. The third kappa shape index (κ3) is 7.55. The Morgan fingerprint density at radius 1 is 1.06 bits per heavy atom. The molecule has 1 heterocycles. The lowest BCUT2D eigenvalue weighted by Crippen LogP contribution is -2.36. The maximum atomic E-state index is 12.8. The van der Waals surface area contributed by atoms with E-state index in [1.165, 1.54) is 6.07 Å². The average molecular weight is 565 g/mol. The van der Waals surface area contributed by atoms with Gasteiger partial charge in [0.2, 0.25) is 6.79 Å². The van der Waals surface area contributed by atoms with Crippen molar-refractivity contribution in [2.24, 2.45) is 4.99 Å². The minimum atomic E-state index is -2.95. The number of ether oxygens (including phenoxy) is 5. The number of halogens is 3. The zero-order chi connectivity index (χ0) is 22.1. The molecule has 0 amide bonds. The quantitative estimate of drug-likeness (QED) is 0.198. The van der Waals surface area contributed by atoms with Gasteiger partial charge >= 0.3 is 6.61 Å². The van der Waals surface area contributed by atoms with Crippen molar-refractivity contribution in [2.75, 3.05) is 34.2 Å². The van der Waals surface area contributed by atoms with E-state index in [1.54, 1.807) is 20.2 Å². The lowest BCUT2D eigenvalue weighted by atomic mass is 10.1. The first-order valence-electron chi connectivity index (χ1n) is 9.61. The number of alkyl halides is 2. The van der Waals surface area contributed by atoms with Crippen LogP contribution in [0.15, 0.2) is 41.4 Å². The molecule has 0 saturated heterocycles. The number of nitrogens with one attached hydrogen (secondary N) is 2. The Labute approximate surface area is 202 Å². The van der Waals surface area contributed by atoms with Crippen molar-refractivity contribution in [2.45, 2.75) is 19.7 Å². The van der Waals surface area contributed by atoms with Crippen molar-refractivity contribution in [1.29, 1.82) is 0 Å². The predicted octanol–water partition coefficient (Wildman–Crippen LogP) is 3.53. The summed E-state index contributed by atoms with van der Waals surface area (Å²) >= 11 is 0. The summed E-state index contributed by atoms with van der Waals surface area (Å²) in [6.07, 6.45) is 0. The van der Waals surface area contributed by atoms with Crippen LogP contribution < -0.4 is 29.6 Å². The lowest BCUT2D eigenvalue weighted by Gasteiger charge is -2.15. The van der Waals surface area contributed by atoms with E-state index in [0.717, 1.165) is 11.3 Å². The van der Waals surface area contributed by atoms with Gasteiger partial charge in [0.25, 0.3) is 0 Å². The summed E-state index contributed by atoms with van der Waals surface area (Å²) in [6.45, 7) is -1.18. The van der Waals surface area contributed by atoms with E-state index in [4.69, 9.17) is 18.9 Å². The van der Waals surface area contributed by atoms with Crippen LogP contribution in [0.2, 0.25) is 0 Å². The summed E-state index contributed by atoms with van der Waals surface area (Å²) in [5, 5.41) is 6.26. The molecule has 1 aliphatic rings. The fraction of sp³-hybridized carbons (Fsp3) is 0.381. The number of hydrogen-bond acceptors (Lipinski definition) is 6. The SMILES string of the molecule is CN=C(NCc1ccc(OCCOC)cc1)NCc1cc2c(cc1OC(F)F)OCO2.I. The third-order valence-electron chi connectivity index (χ3n) is 4.38. The van der Waals surface area contributed by atoms with Gasteiger partial charge in [0.05, 0.1) is 6.61 Å². The van der Waals surface area contributed by atoms with Crippen molar-refractivity contribution >= 4 is 29.9 Å². The highest BCUT2D eigenvalue weighted by Crippen LogP contribution is 2.38. The largest absolute Gasteiger partial charge is 0.491 e. The van der Waals surface area contributed by atoms with E-state index in [0.29, 0.717) is 42.8 Å². The zero-order valence-corrected chi connectivity index (χ0v) is 20.1. The number of guanidine groups is 1. The van der Waals surface area contributed by atoms with E-state index in [9.17, 15) is 8.78 Å². The molecule has 0 fully saturated rings. The van der Waals surface area contributed by atoms with E-state index >= 15 is 0 Å². The second kappa shape index (κ2) is 13.1. The van der Waals surface area contributed by atoms with Crippen molar-refractivity contribution < 1.29 is 32.5 Å². The van der Waals surface area contributed by atoms with E-state index in [1.807, 2.05) is 24.3 Å². The Balaban J connectivity index is 0.00000363. The molecule has 8 nitrogen and oxygen atoms in total. The number of methoxy groups -OCH3 is 1. The maximum absolute atomic E-state index is 12.8. The summed E-state index contributed by atoms with van der Waals surface area (Å²) in [7, 11) is 3.25. The highest BCUT2D eigenvalue weighted by Gasteiger charge is 2.20. The minimum absolute atomic E-state index is 0. The molecule has 0 bridgehead atoms. The molecule has 1 aliphatic heterocycles. The van der Waals surface area contributed by atoms with Gasteiger partial charge in [0, 0.05) is 38.9 Å². The number of benzene rings is 2. The molecule has 0 radical (unpaired) electrons. The maximum Gasteiger partial charge on any atom is 0.387 e. The van der Waals surface area contributed by atoms with Crippen LogP contribution in [0, 0.1) is 0 Å². The fourth-order valence-electron chi connectivity index (χ4n) is 2.84. The summed E-state index contributed by atoms with van der Waals surface area (Å²) in [5.74, 6) is 2.13. The summed E-state index contributed by atoms with van der Waals surface area (Å²) in [6, 6.07) is 10.6. The van der Waals surface area contributed by atoms with Crippen LogP contribution >= 0.6 is 24.0 Å². The molecular weight excluding hydrogens is 539 g/mol. The van der Waals surface area contributed by atoms with Crippen molar-refractivity contribution in [3.05, 3.63) is 47.5 Å². The summed E-state index contributed by atoms with van der Waals surface area (Å²) in [4.78, 5) is 4.16. The summed E-state index contributed by atoms with van der Waals surface area (Å²) in [5.41, 5.74) is 1.51. The van der Waals surface area contributed by atoms with Gasteiger partial charge in [-0.05, 0) is 23.8 Å². The number of fused-ring (bicyclic) bond motifs is 1. The number of rotatable bonds is 10. The molecule has 176 valence electrons. The minimum Gasteiger partial charge on any atom is -0.491 e. The van der Waals surface area contributed by atoms with Gasteiger partial charge in [-0.25, -0.2) is 0 Å². The molecule has 11 heteroatoms. The van der Waals surface area contributed by atoms with Crippen LogP contribution in [0.5, 0.6) is 23.0 Å². The number of aliphatic imine (C=N–C) groups is 1. The molecule has 2 aromatic carbocycles. The van der Waals surface area contributed by atoms with Crippen LogP contribution in [0.4, 0.5) is 8.78 Å². The summed E-state index contributed by atoms with van der Waals surface area (Å²) < 4.78 is 51.2. The average Bonchev–Trinajstić information content (AvgIpc) is 3.22. The smallest absolute Gasteiger partial charge is 0.387 e. The van der Waals surface area contributed by atoms with E-state index < -0.39 is 6.61 Å². The molecule has 0 aromatic heterocycles. The first-order valence-corrected chi connectivity index (χ1v) is 9.61. The van der Waals surface area contributed by atoms with E-state index in [-0.39, 0.29) is 43.1 Å². The van der Waals surface area contributed by atoms with Gasteiger partial charge in [-0.1, -0.05) is 12.1 Å². The molecule has 2 N–H and O–H groups in total. The van der Waals surface area contributed by atoms with E-state index in [2.05, 4.69) is 20.4 Å². The van der Waals surface area contributed by atoms with Crippen LogP contribution in [-0.2, 0) is 17.8 Å². The highest BCUT2D eigenvalue weighted by molar-refractivity contribution is 14.0. The Bertz CT molecular complexity index is 884. The Morgan fingerprint density at radius 3 is 2.41 bits per heavy atom. The van der Waals surface area contributed by atoms with Crippen LogP contribution in [-0.4, -0.2) is 46.7 Å². The lowest BCUT2D eigenvalue weighted by molar-refractivity contribution is -0.0505. The van der Waals surface area contributed by atoms with Crippen LogP contribution in [0.1, 0.15) is 11.1 Å². The fourth-order valence-corrected chi connectivity index (χ4v) is 2.84. The first kappa shape index (κ1) is 25.7. The molecule has 2 aromatic rings. The van der Waals surface area contributed by atoms with Gasteiger partial charge < -0.3 is 34.3 Å². The third-order valence-corrected chi connectivity index (χ3v) is 4.38. The standard InChI is InChI=1S/C21H25F2N3O5.HI/c1-24-21(25-11-14-3-5-16(6-4-14)28-8-7-27-2)26-12-15-9-18-19(30-13-29-18)10-17(15)31-20(22)23;/h3-6,9-10,20H,7-8,11-13H2,1-2H3,(H2,24,25,26);1H. The van der Waals surface area contributed by atoms with Gasteiger partial charge in [-0.15, -0.1) is 24.0 Å². The van der Waals surface area contributed by atoms with Crippen molar-refractivity contribution in [1.82, 2.24) is 10.6 Å². The second-order valence-corrected chi connectivity index (χ2v) is 6.46. The van der Waals surface area contributed by atoms with Crippen LogP contribution in [0.25, 0.3) is 0 Å². The van der Waals surface area contributed by atoms with Gasteiger partial charge in [-0.3, -0.25) is 4.99 Å². The van der Waals surface area contributed by atoms with Gasteiger partial charge in [0.15, 0.2) is 17.5 Å². The van der Waals surface area contributed by atoms with Crippen LogP contribution in [0.3, 0.4) is 0 Å². The molecule has 0 atom stereocenters. The monoisotopic (exact) mass is 565 g/mol. The normalized spacial score (nSPS) is 12.3. The zero-order valence-electron chi connectivity index (χ0n) is 17.7. The molecule has 0 aliphatic carbocycles. The first-order chi connectivity index (χ1) is 15.1. The van der Waals surface area contributed by atoms with Gasteiger partial charge in [-0.2, -0.15) is 8.78 Å².